The summed E-state index contributed by atoms with van der Waals surface area (Å²) in [6.07, 6.45) is 5.79. The Morgan fingerprint density at radius 1 is 1.80 bits per heavy atom. The van der Waals surface area contributed by atoms with Crippen molar-refractivity contribution < 1.29 is 4.79 Å². The quantitative estimate of drug-likeness (QED) is 0.487. The van der Waals surface area contributed by atoms with Crippen molar-refractivity contribution >= 4 is 11.9 Å². The molecule has 10 heavy (non-hydrogen) atoms. The topological polar surface area (TPSA) is 45.8 Å². The highest BCUT2D eigenvalue weighted by Crippen LogP contribution is 2.03. The summed E-state index contributed by atoms with van der Waals surface area (Å²) in [5.41, 5.74) is 0.588. The van der Waals surface area contributed by atoms with Gasteiger partial charge in [-0.25, -0.2) is 4.98 Å². The molecule has 52 valence electrons. The van der Waals surface area contributed by atoms with Crippen molar-refractivity contribution in [3.63, 3.8) is 0 Å². The third kappa shape index (κ3) is 1.13. The van der Waals surface area contributed by atoms with Crippen LogP contribution in [0, 0.1) is 0 Å². The first-order chi connectivity index (χ1) is 4.88. The molecule has 0 amide bonds. The average molecular weight is 136 g/mol. The third-order valence-corrected chi connectivity index (χ3v) is 1.21. The number of hydrogen-bond acceptors (Lipinski definition) is 2. The van der Waals surface area contributed by atoms with E-state index in [1.54, 1.807) is 25.4 Å². The van der Waals surface area contributed by atoms with Crippen molar-refractivity contribution in [3.8, 4) is 0 Å². The molecule has 3 heteroatoms. The molecule has 0 unspecified atom stereocenters. The van der Waals surface area contributed by atoms with E-state index in [9.17, 15) is 4.79 Å². The second-order valence-corrected chi connectivity index (χ2v) is 1.80. The fraction of sp³-hybridized carbons (Fsp3) is 0.143. The molecular formula is C7H8N2O. The predicted molar refractivity (Wildman–Crippen MR) is 38.3 cm³/mol. The molecule has 0 aliphatic heterocycles. The van der Waals surface area contributed by atoms with Crippen LogP contribution in [0.25, 0.3) is 5.57 Å². The standard InChI is InChI=1S/C7H8N2O/c1-2-6(5-10)7-8-3-4-9-7/h2-5H,1H3,(H,8,9)/b6-2+. The van der Waals surface area contributed by atoms with Gasteiger partial charge in [0.1, 0.15) is 5.82 Å². The van der Waals surface area contributed by atoms with Crippen molar-refractivity contribution in [2.45, 2.75) is 6.92 Å². The van der Waals surface area contributed by atoms with Gasteiger partial charge in [0.25, 0.3) is 0 Å². The van der Waals surface area contributed by atoms with Gasteiger partial charge in [0.05, 0.1) is 5.57 Å². The Morgan fingerprint density at radius 3 is 3.00 bits per heavy atom. The highest BCUT2D eigenvalue weighted by atomic mass is 16.1. The van der Waals surface area contributed by atoms with E-state index < -0.39 is 0 Å². The molecule has 0 aromatic carbocycles. The number of allylic oxidation sites excluding steroid dienone is 2. The van der Waals surface area contributed by atoms with Gasteiger partial charge in [-0.2, -0.15) is 0 Å². The lowest BCUT2D eigenvalue weighted by molar-refractivity contribution is -0.103. The summed E-state index contributed by atoms with van der Waals surface area (Å²) in [6, 6.07) is 0. The zero-order chi connectivity index (χ0) is 7.40. The van der Waals surface area contributed by atoms with Crippen LogP contribution in [-0.4, -0.2) is 16.3 Å². The first-order valence-corrected chi connectivity index (χ1v) is 2.99. The average Bonchev–Trinajstić information content (AvgIpc) is 2.43. The fourth-order valence-corrected chi connectivity index (χ4v) is 0.684. The van der Waals surface area contributed by atoms with Crippen LogP contribution < -0.4 is 0 Å². The van der Waals surface area contributed by atoms with Gasteiger partial charge in [0.15, 0.2) is 6.29 Å². The highest BCUT2D eigenvalue weighted by molar-refractivity contribution is 6.04. The lowest BCUT2D eigenvalue weighted by Crippen LogP contribution is -1.86. The Bertz CT molecular complexity index is 236. The highest BCUT2D eigenvalue weighted by Gasteiger charge is 1.98. The minimum Gasteiger partial charge on any atom is -0.345 e. The molecular weight excluding hydrogens is 128 g/mol. The molecule has 3 nitrogen and oxygen atoms in total. The molecule has 1 aromatic heterocycles. The molecule has 0 aliphatic rings. The van der Waals surface area contributed by atoms with E-state index in [0.717, 1.165) is 6.29 Å². The molecule has 1 heterocycles. The molecule has 1 aromatic rings. The molecule has 0 saturated heterocycles. The van der Waals surface area contributed by atoms with Crippen LogP contribution in [0.2, 0.25) is 0 Å². The number of carbonyl (C=O) groups is 1. The number of rotatable bonds is 2. The largest absolute Gasteiger partial charge is 0.345 e. The SMILES string of the molecule is C/C=C(\C=O)c1ncc[nH]1. The number of hydrogen-bond donors (Lipinski definition) is 1. The maximum atomic E-state index is 10.3. The molecule has 0 fully saturated rings. The van der Waals surface area contributed by atoms with E-state index in [1.165, 1.54) is 0 Å². The summed E-state index contributed by atoms with van der Waals surface area (Å²) in [4.78, 5) is 17.0. The van der Waals surface area contributed by atoms with Gasteiger partial charge in [-0.15, -0.1) is 0 Å². The number of imidazole rings is 1. The van der Waals surface area contributed by atoms with E-state index in [0.29, 0.717) is 11.4 Å². The van der Waals surface area contributed by atoms with E-state index >= 15 is 0 Å². The molecule has 0 bridgehead atoms. The minimum atomic E-state index is 0.588. The molecule has 0 spiro atoms. The molecule has 1 N–H and O–H groups in total. The summed E-state index contributed by atoms with van der Waals surface area (Å²) >= 11 is 0. The molecule has 0 radical (unpaired) electrons. The number of nitrogens with one attached hydrogen (secondary N) is 1. The van der Waals surface area contributed by atoms with Crippen LogP contribution in [0.3, 0.4) is 0 Å². The monoisotopic (exact) mass is 136 g/mol. The van der Waals surface area contributed by atoms with Crippen molar-refractivity contribution in [3.05, 3.63) is 24.3 Å². The van der Waals surface area contributed by atoms with Gasteiger partial charge >= 0.3 is 0 Å². The van der Waals surface area contributed by atoms with Gasteiger partial charge in [-0.05, 0) is 6.92 Å². The van der Waals surface area contributed by atoms with Crippen molar-refractivity contribution in [1.82, 2.24) is 9.97 Å². The van der Waals surface area contributed by atoms with Crippen LogP contribution in [0.5, 0.6) is 0 Å². The van der Waals surface area contributed by atoms with Crippen LogP contribution in [0.4, 0.5) is 0 Å². The predicted octanol–water partition coefficient (Wildman–Crippen LogP) is 1.01. The fourth-order valence-electron chi connectivity index (χ4n) is 0.684. The zero-order valence-electron chi connectivity index (χ0n) is 5.66. The summed E-state index contributed by atoms with van der Waals surface area (Å²) in [6.45, 7) is 1.80. The minimum absolute atomic E-state index is 0.588. The second kappa shape index (κ2) is 2.96. The summed E-state index contributed by atoms with van der Waals surface area (Å²) in [5, 5.41) is 0. The number of aldehydes is 1. The molecule has 1 rings (SSSR count). The van der Waals surface area contributed by atoms with E-state index in [4.69, 9.17) is 0 Å². The Morgan fingerprint density at radius 2 is 2.60 bits per heavy atom. The summed E-state index contributed by atoms with van der Waals surface area (Å²) < 4.78 is 0. The van der Waals surface area contributed by atoms with E-state index in [2.05, 4.69) is 9.97 Å². The Labute approximate surface area is 58.8 Å². The van der Waals surface area contributed by atoms with Gasteiger partial charge in [-0.1, -0.05) is 6.08 Å². The smallest absolute Gasteiger partial charge is 0.153 e. The molecule has 0 aliphatic carbocycles. The zero-order valence-corrected chi connectivity index (χ0v) is 5.66. The second-order valence-electron chi connectivity index (χ2n) is 1.80. The van der Waals surface area contributed by atoms with Gasteiger partial charge in [0, 0.05) is 12.4 Å². The van der Waals surface area contributed by atoms with Crippen LogP contribution in [0.1, 0.15) is 12.7 Å². The first kappa shape index (κ1) is 6.74. The van der Waals surface area contributed by atoms with Crippen molar-refractivity contribution in [1.29, 1.82) is 0 Å². The molecule has 0 atom stereocenters. The Balaban J connectivity index is 2.95. The normalized spacial score (nSPS) is 11.5. The third-order valence-electron chi connectivity index (χ3n) is 1.21. The van der Waals surface area contributed by atoms with Crippen LogP contribution >= 0.6 is 0 Å². The van der Waals surface area contributed by atoms with E-state index in [1.807, 2.05) is 0 Å². The van der Waals surface area contributed by atoms with Crippen LogP contribution in [0.15, 0.2) is 18.5 Å². The number of aromatic nitrogens is 2. The first-order valence-electron chi connectivity index (χ1n) is 2.99. The maximum Gasteiger partial charge on any atom is 0.153 e. The summed E-state index contributed by atoms with van der Waals surface area (Å²) in [5.74, 6) is 0.623. The van der Waals surface area contributed by atoms with Gasteiger partial charge in [0.2, 0.25) is 0 Å². The number of nitrogens with zero attached hydrogens (tertiary/aromatic N) is 1. The van der Waals surface area contributed by atoms with Crippen molar-refractivity contribution in [2.75, 3.05) is 0 Å². The number of H-pyrrole nitrogens is 1. The lowest BCUT2D eigenvalue weighted by Gasteiger charge is -1.88. The number of aromatic amines is 1. The van der Waals surface area contributed by atoms with Gasteiger partial charge in [-0.3, -0.25) is 4.79 Å². The molecule has 0 saturated carbocycles. The maximum absolute atomic E-state index is 10.3. The Hall–Kier alpha value is -1.38. The number of carbonyl (C=O) groups excluding carboxylic acids is 1. The van der Waals surface area contributed by atoms with E-state index in [-0.39, 0.29) is 0 Å². The van der Waals surface area contributed by atoms with Crippen molar-refractivity contribution in [2.24, 2.45) is 0 Å². The lowest BCUT2D eigenvalue weighted by atomic mass is 10.3. The van der Waals surface area contributed by atoms with Crippen LogP contribution in [-0.2, 0) is 4.79 Å². The Kier molecular flexibility index (Phi) is 1.99. The van der Waals surface area contributed by atoms with Gasteiger partial charge < -0.3 is 4.98 Å². The summed E-state index contributed by atoms with van der Waals surface area (Å²) in [7, 11) is 0.